The van der Waals surface area contributed by atoms with Crippen molar-refractivity contribution in [3.05, 3.63) is 93.4 Å². The van der Waals surface area contributed by atoms with E-state index >= 15 is 0 Å². The molecule has 5 rings (SSSR count). The van der Waals surface area contributed by atoms with Crippen molar-refractivity contribution in [1.29, 1.82) is 0 Å². The van der Waals surface area contributed by atoms with Gasteiger partial charge in [-0.15, -0.1) is 0 Å². The van der Waals surface area contributed by atoms with Crippen molar-refractivity contribution >= 4 is 52.0 Å². The summed E-state index contributed by atoms with van der Waals surface area (Å²) >= 11 is 7.25. The van der Waals surface area contributed by atoms with Crippen LogP contribution in [0.3, 0.4) is 0 Å². The molecule has 0 aliphatic heterocycles. The quantitative estimate of drug-likeness (QED) is 0.261. The van der Waals surface area contributed by atoms with Crippen LogP contribution in [-0.4, -0.2) is 20.6 Å². The van der Waals surface area contributed by atoms with E-state index in [1.54, 1.807) is 24.4 Å². The molecule has 0 bridgehead atoms. The van der Waals surface area contributed by atoms with E-state index in [9.17, 15) is 4.79 Å². The van der Waals surface area contributed by atoms with Crippen molar-refractivity contribution in [2.45, 2.75) is 17.2 Å². The molecule has 8 heteroatoms. The van der Waals surface area contributed by atoms with Crippen LogP contribution in [0.2, 0.25) is 5.02 Å². The predicted molar refractivity (Wildman–Crippen MR) is 123 cm³/mol. The van der Waals surface area contributed by atoms with E-state index in [2.05, 4.69) is 9.98 Å². The summed E-state index contributed by atoms with van der Waals surface area (Å²) in [6.07, 6.45) is 3.21. The van der Waals surface area contributed by atoms with Crippen LogP contribution >= 0.6 is 23.4 Å². The lowest BCUT2D eigenvalue weighted by molar-refractivity contribution is 0.489. The Morgan fingerprint density at radius 3 is 2.81 bits per heavy atom. The fourth-order valence-electron chi connectivity index (χ4n) is 3.15. The smallest absolute Gasteiger partial charge is 0.267 e. The molecule has 152 valence electrons. The maximum Gasteiger partial charge on any atom is 0.267 e. The van der Waals surface area contributed by atoms with Gasteiger partial charge in [0, 0.05) is 17.4 Å². The molecule has 6 nitrogen and oxygen atoms in total. The molecule has 0 saturated heterocycles. The molecule has 31 heavy (non-hydrogen) atoms. The number of rotatable bonds is 4. The Kier molecular flexibility index (Phi) is 5.05. The molecular formula is C23H15ClN4O2S. The second-order valence-corrected chi connectivity index (χ2v) is 8.18. The number of pyridine rings is 1. The molecule has 0 fully saturated rings. The number of fused-ring (bicyclic) bond motifs is 2. The number of nitrogens with zero attached hydrogens (tertiary/aromatic N) is 4. The molecular weight excluding hydrogens is 432 g/mol. The summed E-state index contributed by atoms with van der Waals surface area (Å²) in [7, 11) is 0. The van der Waals surface area contributed by atoms with E-state index in [0.29, 0.717) is 37.8 Å². The minimum atomic E-state index is -0.224. The van der Waals surface area contributed by atoms with E-state index in [4.69, 9.17) is 21.0 Å². The van der Waals surface area contributed by atoms with Crippen LogP contribution in [0.4, 0.5) is 5.69 Å². The second-order valence-electron chi connectivity index (χ2n) is 6.81. The normalized spacial score (nSPS) is 11.7. The van der Waals surface area contributed by atoms with Gasteiger partial charge in [-0.2, -0.15) is 0 Å². The first-order chi connectivity index (χ1) is 15.1. The minimum absolute atomic E-state index is 0.224. The van der Waals surface area contributed by atoms with E-state index in [1.807, 2.05) is 49.4 Å². The first kappa shape index (κ1) is 19.5. The number of para-hydroxylation sites is 2. The number of hydrogen-bond donors (Lipinski definition) is 0. The van der Waals surface area contributed by atoms with Crippen LogP contribution in [0.15, 0.2) is 91.3 Å². The van der Waals surface area contributed by atoms with Crippen molar-refractivity contribution < 1.29 is 4.42 Å². The Labute approximate surface area is 186 Å². The number of oxazole rings is 1. The fraction of sp³-hybridized carbons (Fsp3) is 0.0435. The van der Waals surface area contributed by atoms with Crippen LogP contribution in [0.25, 0.3) is 16.7 Å². The number of hydrogen-bond acceptors (Lipinski definition) is 6. The van der Waals surface area contributed by atoms with Crippen molar-refractivity contribution in [3.8, 4) is 0 Å². The Bertz CT molecular complexity index is 1490. The van der Waals surface area contributed by atoms with E-state index in [0.717, 1.165) is 11.1 Å². The monoisotopic (exact) mass is 446 g/mol. The molecule has 0 amide bonds. The number of aromatic nitrogens is 3. The molecule has 0 unspecified atom stereocenters. The zero-order valence-electron chi connectivity index (χ0n) is 16.3. The predicted octanol–water partition coefficient (Wildman–Crippen LogP) is 5.70. The number of aryl methyl sites for hydroxylation is 1. The lowest BCUT2D eigenvalue weighted by Gasteiger charge is -2.08. The molecule has 3 heterocycles. The SMILES string of the molecule is Cc1cccn2c(=O)c(C=Nc3cccc(Cl)c3)c(Sc3nc4ccccc4o3)nc12. The molecule has 2 aromatic carbocycles. The lowest BCUT2D eigenvalue weighted by Crippen LogP contribution is -2.21. The van der Waals surface area contributed by atoms with Gasteiger partial charge in [0.05, 0.1) is 11.3 Å². The summed E-state index contributed by atoms with van der Waals surface area (Å²) in [5.74, 6) is 0. The van der Waals surface area contributed by atoms with Crippen LogP contribution in [0.5, 0.6) is 0 Å². The summed E-state index contributed by atoms with van der Waals surface area (Å²) in [5.41, 5.74) is 3.64. The van der Waals surface area contributed by atoms with Gasteiger partial charge in [-0.25, -0.2) is 9.97 Å². The standard InChI is InChI=1S/C23H15ClN4O2S/c1-14-6-5-11-28-20(14)27-21(31-23-26-18-9-2-3-10-19(18)30-23)17(22(28)29)13-25-16-8-4-7-15(24)12-16/h2-13H,1H3. The molecule has 3 aromatic heterocycles. The highest BCUT2D eigenvalue weighted by molar-refractivity contribution is 7.99. The van der Waals surface area contributed by atoms with Crippen molar-refractivity contribution in [3.63, 3.8) is 0 Å². The molecule has 0 aliphatic rings. The van der Waals surface area contributed by atoms with Gasteiger partial charge in [0.2, 0.25) is 0 Å². The summed E-state index contributed by atoms with van der Waals surface area (Å²) < 4.78 is 7.35. The van der Waals surface area contributed by atoms with E-state index in [-0.39, 0.29) is 5.56 Å². The highest BCUT2D eigenvalue weighted by atomic mass is 35.5. The van der Waals surface area contributed by atoms with Gasteiger partial charge in [0.25, 0.3) is 10.8 Å². The van der Waals surface area contributed by atoms with Crippen molar-refractivity contribution in [1.82, 2.24) is 14.4 Å². The second kappa shape index (κ2) is 8.02. The van der Waals surface area contributed by atoms with Gasteiger partial charge in [-0.1, -0.05) is 35.9 Å². The van der Waals surface area contributed by atoms with Gasteiger partial charge in [-0.05, 0) is 60.6 Å². The molecule has 0 spiro atoms. The highest BCUT2D eigenvalue weighted by Crippen LogP contribution is 2.30. The van der Waals surface area contributed by atoms with Gasteiger partial charge in [-0.3, -0.25) is 14.2 Å². The molecule has 0 N–H and O–H groups in total. The van der Waals surface area contributed by atoms with Crippen LogP contribution < -0.4 is 5.56 Å². The van der Waals surface area contributed by atoms with Crippen molar-refractivity contribution in [2.75, 3.05) is 0 Å². The van der Waals surface area contributed by atoms with Gasteiger partial charge in [0.1, 0.15) is 16.2 Å². The largest absolute Gasteiger partial charge is 0.431 e. The van der Waals surface area contributed by atoms with Crippen LogP contribution in [0.1, 0.15) is 11.1 Å². The molecule has 0 radical (unpaired) electrons. The van der Waals surface area contributed by atoms with Gasteiger partial charge >= 0.3 is 0 Å². The molecule has 5 aromatic rings. The Balaban J connectivity index is 1.66. The summed E-state index contributed by atoms with van der Waals surface area (Å²) in [6.45, 7) is 1.91. The number of benzene rings is 2. The summed E-state index contributed by atoms with van der Waals surface area (Å²) in [4.78, 5) is 27.0. The Hall–Kier alpha value is -3.42. The Morgan fingerprint density at radius 2 is 1.97 bits per heavy atom. The summed E-state index contributed by atoms with van der Waals surface area (Å²) in [5, 5.41) is 1.44. The molecule has 0 atom stereocenters. The van der Waals surface area contributed by atoms with E-state index < -0.39 is 0 Å². The van der Waals surface area contributed by atoms with E-state index in [1.165, 1.54) is 22.4 Å². The minimum Gasteiger partial charge on any atom is -0.431 e. The average molecular weight is 447 g/mol. The van der Waals surface area contributed by atoms with Crippen molar-refractivity contribution in [2.24, 2.45) is 4.99 Å². The first-order valence-corrected chi connectivity index (χ1v) is 10.6. The highest BCUT2D eigenvalue weighted by Gasteiger charge is 2.17. The maximum absolute atomic E-state index is 13.3. The third-order valence-electron chi connectivity index (χ3n) is 4.66. The zero-order chi connectivity index (χ0) is 21.4. The third kappa shape index (κ3) is 3.85. The Morgan fingerprint density at radius 1 is 1.10 bits per heavy atom. The maximum atomic E-state index is 13.3. The lowest BCUT2D eigenvalue weighted by atomic mass is 10.2. The number of halogens is 1. The zero-order valence-corrected chi connectivity index (χ0v) is 17.9. The van der Waals surface area contributed by atoms with Gasteiger partial charge in [0.15, 0.2) is 5.58 Å². The third-order valence-corrected chi connectivity index (χ3v) is 5.75. The molecule has 0 aliphatic carbocycles. The number of aliphatic imine (C=N–C) groups is 1. The van der Waals surface area contributed by atoms with Gasteiger partial charge < -0.3 is 4.42 Å². The molecule has 0 saturated carbocycles. The van der Waals surface area contributed by atoms with Crippen LogP contribution in [-0.2, 0) is 0 Å². The average Bonchev–Trinajstić information content (AvgIpc) is 3.17. The topological polar surface area (TPSA) is 72.8 Å². The fourth-order valence-corrected chi connectivity index (χ4v) is 4.16. The summed E-state index contributed by atoms with van der Waals surface area (Å²) in [6, 6.07) is 18.3. The van der Waals surface area contributed by atoms with Crippen LogP contribution in [0, 0.1) is 6.92 Å². The first-order valence-electron chi connectivity index (χ1n) is 9.43.